The molecule has 6 nitrogen and oxygen atoms in total. The number of carbonyl (C=O) groups is 2. The summed E-state index contributed by atoms with van der Waals surface area (Å²) in [6, 6.07) is 3.82. The molecule has 1 fully saturated rings. The van der Waals surface area contributed by atoms with Crippen LogP contribution in [-0.2, 0) is 16.0 Å². The molecule has 3 rings (SSSR count). The maximum atomic E-state index is 11.9. The lowest BCUT2D eigenvalue weighted by molar-refractivity contribution is -0.117. The van der Waals surface area contributed by atoms with Crippen molar-refractivity contribution in [1.29, 1.82) is 0 Å². The number of aromatic nitrogens is 1. The zero-order chi connectivity index (χ0) is 16.4. The lowest BCUT2D eigenvalue weighted by Gasteiger charge is -1.95. The SMILES string of the molecule is CC1CC1c1ccc(/C=C/C(=O)Nc2nc(CC(N)=O)cs2)o1. The van der Waals surface area contributed by atoms with Crippen LogP contribution in [0.1, 0.15) is 36.5 Å². The number of hydrogen-bond acceptors (Lipinski definition) is 5. The summed E-state index contributed by atoms with van der Waals surface area (Å²) in [4.78, 5) is 26.8. The van der Waals surface area contributed by atoms with E-state index in [1.165, 1.54) is 17.4 Å². The zero-order valence-electron chi connectivity index (χ0n) is 12.6. The average Bonchev–Trinajstić information content (AvgIpc) is 2.90. The molecule has 1 aliphatic carbocycles. The van der Waals surface area contributed by atoms with Gasteiger partial charge in [-0.1, -0.05) is 6.92 Å². The Kier molecular flexibility index (Phi) is 4.29. The van der Waals surface area contributed by atoms with E-state index in [0.29, 0.717) is 28.4 Å². The molecule has 0 bridgehead atoms. The Balaban J connectivity index is 1.55. The monoisotopic (exact) mass is 331 g/mol. The maximum Gasteiger partial charge on any atom is 0.250 e. The normalized spacial score (nSPS) is 19.9. The minimum Gasteiger partial charge on any atom is -0.461 e. The highest BCUT2D eigenvalue weighted by Crippen LogP contribution is 2.47. The predicted octanol–water partition coefficient (Wildman–Crippen LogP) is 2.54. The van der Waals surface area contributed by atoms with Crippen LogP contribution in [0.3, 0.4) is 0 Å². The number of hydrogen-bond donors (Lipinski definition) is 2. The van der Waals surface area contributed by atoms with Gasteiger partial charge in [0.1, 0.15) is 11.5 Å². The fraction of sp³-hybridized carbons (Fsp3) is 0.312. The molecule has 2 atom stereocenters. The van der Waals surface area contributed by atoms with Crippen LogP contribution in [0, 0.1) is 5.92 Å². The molecule has 2 amide bonds. The highest BCUT2D eigenvalue weighted by Gasteiger charge is 2.36. The summed E-state index contributed by atoms with van der Waals surface area (Å²) in [6.07, 6.45) is 4.25. The standard InChI is InChI=1S/C16H17N3O3S/c1-9-6-12(9)13-4-2-11(22-13)3-5-15(21)19-16-18-10(8-23-16)7-14(17)20/h2-5,8-9,12H,6-7H2,1H3,(H2,17,20)(H,18,19,21)/b5-3+. The maximum absolute atomic E-state index is 11.9. The van der Waals surface area contributed by atoms with Crippen molar-refractivity contribution < 1.29 is 14.0 Å². The van der Waals surface area contributed by atoms with Gasteiger partial charge in [0, 0.05) is 17.4 Å². The fourth-order valence-electron chi connectivity index (χ4n) is 2.30. The predicted molar refractivity (Wildman–Crippen MR) is 87.9 cm³/mol. The molecule has 23 heavy (non-hydrogen) atoms. The first-order valence-corrected chi connectivity index (χ1v) is 8.20. The summed E-state index contributed by atoms with van der Waals surface area (Å²) in [5.41, 5.74) is 5.65. The van der Waals surface area contributed by atoms with Gasteiger partial charge in [0.05, 0.1) is 12.1 Å². The Morgan fingerprint density at radius 2 is 2.30 bits per heavy atom. The van der Waals surface area contributed by atoms with Crippen LogP contribution in [0.15, 0.2) is 28.0 Å². The molecule has 3 N–H and O–H groups in total. The van der Waals surface area contributed by atoms with Crippen molar-refractivity contribution in [2.45, 2.75) is 25.7 Å². The second-order valence-corrected chi connectivity index (χ2v) is 6.53. The van der Waals surface area contributed by atoms with Crippen LogP contribution in [0.25, 0.3) is 6.08 Å². The third-order valence-electron chi connectivity index (χ3n) is 3.66. The van der Waals surface area contributed by atoms with E-state index >= 15 is 0 Å². The molecule has 1 saturated carbocycles. The van der Waals surface area contributed by atoms with Gasteiger partial charge in [-0.2, -0.15) is 0 Å². The van der Waals surface area contributed by atoms with Crippen LogP contribution < -0.4 is 11.1 Å². The molecule has 1 aliphatic rings. The van der Waals surface area contributed by atoms with E-state index < -0.39 is 5.91 Å². The molecule has 2 unspecified atom stereocenters. The van der Waals surface area contributed by atoms with Crippen molar-refractivity contribution in [3.63, 3.8) is 0 Å². The van der Waals surface area contributed by atoms with E-state index in [-0.39, 0.29) is 12.3 Å². The number of thiazole rings is 1. The minimum absolute atomic E-state index is 0.0664. The van der Waals surface area contributed by atoms with Crippen LogP contribution in [0.4, 0.5) is 5.13 Å². The van der Waals surface area contributed by atoms with Gasteiger partial charge in [-0.05, 0) is 30.5 Å². The molecule has 0 aromatic carbocycles. The first-order valence-electron chi connectivity index (χ1n) is 7.33. The third-order valence-corrected chi connectivity index (χ3v) is 4.47. The Hall–Kier alpha value is -2.41. The van der Waals surface area contributed by atoms with Gasteiger partial charge in [-0.3, -0.25) is 14.9 Å². The zero-order valence-corrected chi connectivity index (χ0v) is 13.4. The molecular weight excluding hydrogens is 314 g/mol. The first kappa shape index (κ1) is 15.5. The van der Waals surface area contributed by atoms with Gasteiger partial charge in [-0.25, -0.2) is 4.98 Å². The number of nitrogens with zero attached hydrogens (tertiary/aromatic N) is 1. The minimum atomic E-state index is -0.452. The molecule has 0 spiro atoms. The number of furan rings is 1. The first-order chi connectivity index (χ1) is 11.0. The van der Waals surface area contributed by atoms with Gasteiger partial charge in [0.2, 0.25) is 11.8 Å². The van der Waals surface area contributed by atoms with E-state index in [1.807, 2.05) is 12.1 Å². The molecular formula is C16H17N3O3S. The van der Waals surface area contributed by atoms with E-state index in [0.717, 1.165) is 12.2 Å². The number of nitrogens with two attached hydrogens (primary N) is 1. The number of carbonyl (C=O) groups excluding carboxylic acids is 2. The number of nitrogens with one attached hydrogen (secondary N) is 1. The van der Waals surface area contributed by atoms with Crippen molar-refractivity contribution in [2.24, 2.45) is 11.7 Å². The molecule has 2 heterocycles. The smallest absolute Gasteiger partial charge is 0.250 e. The summed E-state index contributed by atoms with van der Waals surface area (Å²) in [5, 5.41) is 4.77. The molecule has 0 radical (unpaired) electrons. The Bertz CT molecular complexity index is 762. The highest BCUT2D eigenvalue weighted by atomic mass is 32.1. The number of primary amides is 1. The summed E-state index contributed by atoms with van der Waals surface area (Å²) in [5.74, 6) is 2.08. The Morgan fingerprint density at radius 1 is 1.52 bits per heavy atom. The summed E-state index contributed by atoms with van der Waals surface area (Å²) in [6.45, 7) is 2.19. The molecule has 2 aromatic heterocycles. The van der Waals surface area contributed by atoms with Crippen molar-refractivity contribution in [3.05, 3.63) is 40.8 Å². The van der Waals surface area contributed by atoms with Gasteiger partial charge in [-0.15, -0.1) is 11.3 Å². The summed E-state index contributed by atoms with van der Waals surface area (Å²) in [7, 11) is 0. The van der Waals surface area contributed by atoms with Crippen LogP contribution in [-0.4, -0.2) is 16.8 Å². The van der Waals surface area contributed by atoms with E-state index in [9.17, 15) is 9.59 Å². The molecule has 7 heteroatoms. The molecule has 2 aromatic rings. The van der Waals surface area contributed by atoms with Crippen LogP contribution >= 0.6 is 11.3 Å². The van der Waals surface area contributed by atoms with Crippen molar-refractivity contribution >= 4 is 34.4 Å². The van der Waals surface area contributed by atoms with Gasteiger partial charge in [0.15, 0.2) is 5.13 Å². The molecule has 0 aliphatic heterocycles. The summed E-state index contributed by atoms with van der Waals surface area (Å²) < 4.78 is 5.70. The second kappa shape index (κ2) is 6.37. The summed E-state index contributed by atoms with van der Waals surface area (Å²) >= 11 is 1.25. The largest absolute Gasteiger partial charge is 0.461 e. The lowest BCUT2D eigenvalue weighted by atomic mass is 10.3. The van der Waals surface area contributed by atoms with Crippen molar-refractivity contribution in [1.82, 2.24) is 4.98 Å². The third kappa shape index (κ3) is 4.07. The molecule has 0 saturated heterocycles. The van der Waals surface area contributed by atoms with E-state index in [4.69, 9.17) is 10.2 Å². The van der Waals surface area contributed by atoms with Crippen LogP contribution in [0.2, 0.25) is 0 Å². The number of anilines is 1. The van der Waals surface area contributed by atoms with Gasteiger partial charge in [0.25, 0.3) is 0 Å². The van der Waals surface area contributed by atoms with Gasteiger partial charge < -0.3 is 10.2 Å². The van der Waals surface area contributed by atoms with Crippen LogP contribution in [0.5, 0.6) is 0 Å². The lowest BCUT2D eigenvalue weighted by Crippen LogP contribution is -2.14. The second-order valence-electron chi connectivity index (χ2n) is 5.67. The van der Waals surface area contributed by atoms with Gasteiger partial charge >= 0.3 is 0 Å². The van der Waals surface area contributed by atoms with E-state index in [1.54, 1.807) is 11.5 Å². The number of amides is 2. The average molecular weight is 331 g/mol. The van der Waals surface area contributed by atoms with Crippen molar-refractivity contribution in [3.8, 4) is 0 Å². The number of rotatable bonds is 6. The molecule has 120 valence electrons. The van der Waals surface area contributed by atoms with E-state index in [2.05, 4.69) is 17.2 Å². The Morgan fingerprint density at radius 3 is 3.00 bits per heavy atom. The quantitative estimate of drug-likeness (QED) is 0.795. The topological polar surface area (TPSA) is 98.2 Å². The highest BCUT2D eigenvalue weighted by molar-refractivity contribution is 7.14. The fourth-order valence-corrected chi connectivity index (χ4v) is 3.02. The Labute approximate surface area is 137 Å². The van der Waals surface area contributed by atoms with Crippen molar-refractivity contribution in [2.75, 3.05) is 5.32 Å².